The lowest BCUT2D eigenvalue weighted by Crippen LogP contribution is -2.28. The summed E-state index contributed by atoms with van der Waals surface area (Å²) in [6.45, 7) is 9.72. The molecule has 5 heteroatoms. The fraction of sp³-hybridized carbons (Fsp3) is 0.714. The molecular formula is C14H24ClN3O. The van der Waals surface area contributed by atoms with E-state index in [0.29, 0.717) is 17.9 Å². The third kappa shape index (κ3) is 4.32. The van der Waals surface area contributed by atoms with Gasteiger partial charge in [-0.1, -0.05) is 25.4 Å². The summed E-state index contributed by atoms with van der Waals surface area (Å²) in [5.41, 5.74) is 1.74. The number of aromatic nitrogens is 2. The maximum atomic E-state index is 12.1. The Morgan fingerprint density at radius 1 is 1.42 bits per heavy atom. The van der Waals surface area contributed by atoms with Crippen LogP contribution in [0, 0.1) is 0 Å². The quantitative estimate of drug-likeness (QED) is 0.799. The summed E-state index contributed by atoms with van der Waals surface area (Å²) in [6.07, 6.45) is 1.69. The van der Waals surface area contributed by atoms with Crippen molar-refractivity contribution in [2.75, 3.05) is 6.54 Å². The number of Topliss-reactive ketones (excluding diaryl/α,β-unsaturated/α-hetero) is 1. The first kappa shape index (κ1) is 16.2. The van der Waals surface area contributed by atoms with Gasteiger partial charge in [0, 0.05) is 25.4 Å². The van der Waals surface area contributed by atoms with E-state index in [9.17, 15) is 4.79 Å². The summed E-state index contributed by atoms with van der Waals surface area (Å²) < 4.78 is 1.84. The third-order valence-electron chi connectivity index (χ3n) is 3.15. The Labute approximate surface area is 120 Å². The average molecular weight is 286 g/mol. The molecule has 4 nitrogen and oxygen atoms in total. The van der Waals surface area contributed by atoms with Crippen molar-refractivity contribution in [3.05, 3.63) is 16.4 Å². The molecule has 0 radical (unpaired) electrons. The molecule has 1 N–H and O–H groups in total. The van der Waals surface area contributed by atoms with Crippen LogP contribution in [0.4, 0.5) is 0 Å². The Balaban J connectivity index is 2.75. The van der Waals surface area contributed by atoms with Gasteiger partial charge in [0.15, 0.2) is 0 Å². The van der Waals surface area contributed by atoms with E-state index in [-0.39, 0.29) is 11.8 Å². The van der Waals surface area contributed by atoms with Crippen LogP contribution in [-0.4, -0.2) is 28.2 Å². The molecule has 0 saturated carbocycles. The van der Waals surface area contributed by atoms with Crippen molar-refractivity contribution in [2.45, 2.75) is 59.5 Å². The molecule has 0 amide bonds. The van der Waals surface area contributed by atoms with E-state index >= 15 is 0 Å². The average Bonchev–Trinajstić information content (AvgIpc) is 2.66. The van der Waals surface area contributed by atoms with E-state index in [2.05, 4.69) is 10.4 Å². The van der Waals surface area contributed by atoms with Crippen molar-refractivity contribution >= 4 is 17.4 Å². The van der Waals surface area contributed by atoms with E-state index in [0.717, 1.165) is 30.9 Å². The van der Waals surface area contributed by atoms with Gasteiger partial charge in [-0.25, -0.2) is 0 Å². The van der Waals surface area contributed by atoms with Gasteiger partial charge in [-0.3, -0.25) is 9.48 Å². The first-order valence-corrected chi connectivity index (χ1v) is 7.40. The van der Waals surface area contributed by atoms with Gasteiger partial charge in [0.1, 0.15) is 5.78 Å². The number of aryl methyl sites for hydroxylation is 2. The van der Waals surface area contributed by atoms with Crippen LogP contribution in [-0.2, 0) is 24.2 Å². The van der Waals surface area contributed by atoms with Crippen molar-refractivity contribution in [3.63, 3.8) is 0 Å². The van der Waals surface area contributed by atoms with Crippen molar-refractivity contribution in [2.24, 2.45) is 0 Å². The second-order valence-electron chi connectivity index (χ2n) is 4.75. The lowest BCUT2D eigenvalue weighted by atomic mass is 10.1. The van der Waals surface area contributed by atoms with Gasteiger partial charge in [-0.05, 0) is 26.8 Å². The predicted octanol–water partition coefficient (Wildman–Crippen LogP) is 2.62. The molecule has 0 aliphatic rings. The maximum Gasteiger partial charge on any atom is 0.140 e. The number of halogens is 1. The number of carbonyl (C=O) groups excluding carboxylic acids is 1. The van der Waals surface area contributed by atoms with Crippen LogP contribution in [0.3, 0.4) is 0 Å². The summed E-state index contributed by atoms with van der Waals surface area (Å²) in [5, 5.41) is 8.34. The predicted molar refractivity (Wildman–Crippen MR) is 78.8 cm³/mol. The van der Waals surface area contributed by atoms with Gasteiger partial charge in [-0.2, -0.15) is 5.10 Å². The Kier molecular flexibility index (Phi) is 6.52. The van der Waals surface area contributed by atoms with Crippen molar-refractivity contribution in [3.8, 4) is 0 Å². The molecule has 1 aromatic rings. The van der Waals surface area contributed by atoms with Gasteiger partial charge < -0.3 is 5.32 Å². The standard InChI is InChI=1S/C14H24ClN3O/c1-5-12-14(15)13(18(7-3)17-12)9-11(19)8-10(4)16-6-2/h10,16H,5-9H2,1-4H3. The summed E-state index contributed by atoms with van der Waals surface area (Å²) >= 11 is 6.30. The number of hydrogen-bond donors (Lipinski definition) is 1. The molecular weight excluding hydrogens is 262 g/mol. The van der Waals surface area contributed by atoms with Crippen molar-refractivity contribution in [1.82, 2.24) is 15.1 Å². The first-order chi connectivity index (χ1) is 9.03. The number of rotatable bonds is 8. The third-order valence-corrected chi connectivity index (χ3v) is 3.58. The fourth-order valence-electron chi connectivity index (χ4n) is 2.21. The molecule has 0 fully saturated rings. The van der Waals surface area contributed by atoms with E-state index in [1.165, 1.54) is 0 Å². The van der Waals surface area contributed by atoms with Gasteiger partial charge >= 0.3 is 0 Å². The van der Waals surface area contributed by atoms with Crippen LogP contribution >= 0.6 is 11.6 Å². The molecule has 1 unspecified atom stereocenters. The SMILES string of the molecule is CCNC(C)CC(=O)Cc1c(Cl)c(CC)nn1CC. The van der Waals surface area contributed by atoms with Crippen LogP contribution in [0.1, 0.15) is 45.5 Å². The highest BCUT2D eigenvalue weighted by molar-refractivity contribution is 6.32. The van der Waals surface area contributed by atoms with E-state index in [4.69, 9.17) is 11.6 Å². The van der Waals surface area contributed by atoms with E-state index < -0.39 is 0 Å². The van der Waals surface area contributed by atoms with Gasteiger partial charge in [-0.15, -0.1) is 0 Å². The molecule has 19 heavy (non-hydrogen) atoms. The highest BCUT2D eigenvalue weighted by Gasteiger charge is 2.18. The zero-order valence-electron chi connectivity index (χ0n) is 12.3. The number of ketones is 1. The minimum atomic E-state index is 0.201. The Hall–Kier alpha value is -0.870. The molecule has 0 aliphatic heterocycles. The number of nitrogens with one attached hydrogen (secondary N) is 1. The van der Waals surface area contributed by atoms with Crippen LogP contribution < -0.4 is 5.32 Å². The maximum absolute atomic E-state index is 12.1. The monoisotopic (exact) mass is 285 g/mol. The smallest absolute Gasteiger partial charge is 0.140 e. The minimum absolute atomic E-state index is 0.201. The second-order valence-corrected chi connectivity index (χ2v) is 5.13. The van der Waals surface area contributed by atoms with Crippen LogP contribution in [0.15, 0.2) is 0 Å². The van der Waals surface area contributed by atoms with Crippen LogP contribution in [0.2, 0.25) is 5.02 Å². The number of hydrogen-bond acceptors (Lipinski definition) is 3. The van der Waals surface area contributed by atoms with E-state index in [1.807, 2.05) is 32.4 Å². The van der Waals surface area contributed by atoms with Gasteiger partial charge in [0.2, 0.25) is 0 Å². The highest BCUT2D eigenvalue weighted by Crippen LogP contribution is 2.22. The Bertz CT molecular complexity index is 429. The molecule has 0 saturated heterocycles. The van der Waals surface area contributed by atoms with Crippen LogP contribution in [0.5, 0.6) is 0 Å². The molecule has 1 rings (SSSR count). The fourth-order valence-corrected chi connectivity index (χ4v) is 2.54. The molecule has 1 aromatic heterocycles. The molecule has 0 spiro atoms. The second kappa shape index (κ2) is 7.65. The Morgan fingerprint density at radius 2 is 2.11 bits per heavy atom. The molecule has 1 atom stereocenters. The van der Waals surface area contributed by atoms with Gasteiger partial charge in [0.25, 0.3) is 0 Å². The summed E-state index contributed by atoms with van der Waals surface area (Å²) in [6, 6.07) is 0.208. The topological polar surface area (TPSA) is 46.9 Å². The lowest BCUT2D eigenvalue weighted by molar-refractivity contribution is -0.118. The summed E-state index contributed by atoms with van der Waals surface area (Å²) in [4.78, 5) is 12.1. The van der Waals surface area contributed by atoms with E-state index in [1.54, 1.807) is 0 Å². The highest BCUT2D eigenvalue weighted by atomic mass is 35.5. The van der Waals surface area contributed by atoms with Crippen molar-refractivity contribution < 1.29 is 4.79 Å². The molecule has 1 heterocycles. The normalized spacial score (nSPS) is 12.7. The zero-order valence-corrected chi connectivity index (χ0v) is 13.0. The molecule has 0 aromatic carbocycles. The Morgan fingerprint density at radius 3 is 2.63 bits per heavy atom. The van der Waals surface area contributed by atoms with Crippen LogP contribution in [0.25, 0.3) is 0 Å². The van der Waals surface area contributed by atoms with Gasteiger partial charge in [0.05, 0.1) is 16.4 Å². The number of nitrogens with zero attached hydrogens (tertiary/aromatic N) is 2. The minimum Gasteiger partial charge on any atom is -0.314 e. The lowest BCUT2D eigenvalue weighted by Gasteiger charge is -2.11. The van der Waals surface area contributed by atoms with Crippen molar-refractivity contribution in [1.29, 1.82) is 0 Å². The summed E-state index contributed by atoms with van der Waals surface area (Å²) in [5.74, 6) is 0.201. The zero-order chi connectivity index (χ0) is 14.4. The largest absolute Gasteiger partial charge is 0.314 e. The number of carbonyl (C=O) groups is 1. The molecule has 0 aliphatic carbocycles. The molecule has 108 valence electrons. The first-order valence-electron chi connectivity index (χ1n) is 7.02. The summed E-state index contributed by atoms with van der Waals surface area (Å²) in [7, 11) is 0. The molecule has 0 bridgehead atoms.